The Morgan fingerprint density at radius 2 is 2.00 bits per heavy atom. The Balaban J connectivity index is 1.46. The van der Waals surface area contributed by atoms with E-state index in [1.54, 1.807) is 0 Å². The number of nitrogens with zero attached hydrogens (tertiary/aromatic N) is 1. The smallest absolute Gasteiger partial charge is 0.0671 e. The molecule has 2 N–H and O–H groups in total. The zero-order valence-electron chi connectivity index (χ0n) is 11.5. The molecule has 21 heavy (non-hydrogen) atoms. The van der Waals surface area contributed by atoms with Gasteiger partial charge in [0.15, 0.2) is 0 Å². The highest BCUT2D eigenvalue weighted by molar-refractivity contribution is 9.10. The van der Waals surface area contributed by atoms with Gasteiger partial charge in [-0.1, -0.05) is 34.1 Å². The Morgan fingerprint density at radius 1 is 1.14 bits per heavy atom. The van der Waals surface area contributed by atoms with Gasteiger partial charge in [0.1, 0.15) is 0 Å². The van der Waals surface area contributed by atoms with Gasteiger partial charge < -0.3 is 5.32 Å². The number of benzene rings is 2. The minimum atomic E-state index is 0.550. The van der Waals surface area contributed by atoms with Crippen molar-refractivity contribution in [3.8, 4) is 0 Å². The van der Waals surface area contributed by atoms with Crippen molar-refractivity contribution in [2.24, 2.45) is 0 Å². The molecule has 3 nitrogen and oxygen atoms in total. The normalized spacial score (nSPS) is 21.2. The van der Waals surface area contributed by atoms with E-state index in [2.05, 4.69) is 73.9 Å². The van der Waals surface area contributed by atoms with Crippen molar-refractivity contribution in [1.29, 1.82) is 0 Å². The second-order valence-corrected chi connectivity index (χ2v) is 6.62. The van der Waals surface area contributed by atoms with Crippen LogP contribution in [0.15, 0.2) is 53.1 Å². The zero-order valence-corrected chi connectivity index (χ0v) is 13.1. The third kappa shape index (κ3) is 2.44. The van der Waals surface area contributed by atoms with Crippen molar-refractivity contribution in [3.05, 3.63) is 58.7 Å². The molecule has 4 heteroatoms. The summed E-state index contributed by atoms with van der Waals surface area (Å²) in [6.45, 7) is 0. The first-order valence-electron chi connectivity index (χ1n) is 7.24. The molecule has 0 aliphatic heterocycles. The molecular formula is C17H16BrN3. The quantitative estimate of drug-likeness (QED) is 0.725. The maximum absolute atomic E-state index is 4.12. The average molecular weight is 342 g/mol. The van der Waals surface area contributed by atoms with Gasteiger partial charge in [0.2, 0.25) is 0 Å². The number of anilines is 1. The van der Waals surface area contributed by atoms with Crippen LogP contribution in [0.2, 0.25) is 0 Å². The molecule has 106 valence electrons. The first-order chi connectivity index (χ1) is 10.3. The van der Waals surface area contributed by atoms with Crippen LogP contribution in [0.4, 0.5) is 5.69 Å². The second-order valence-electron chi connectivity index (χ2n) is 5.70. The minimum Gasteiger partial charge on any atom is -0.382 e. The van der Waals surface area contributed by atoms with Crippen LogP contribution < -0.4 is 5.32 Å². The lowest BCUT2D eigenvalue weighted by molar-refractivity contribution is 0.374. The van der Waals surface area contributed by atoms with Gasteiger partial charge in [0.25, 0.3) is 0 Å². The van der Waals surface area contributed by atoms with Crippen LogP contribution in [0.5, 0.6) is 0 Å². The predicted octanol–water partition coefficient (Wildman–Crippen LogP) is 4.68. The SMILES string of the molecule is Brc1cccc(C2CC(Nc3cccc4[nH]ncc34)C2)c1. The number of hydrogen-bond acceptors (Lipinski definition) is 2. The van der Waals surface area contributed by atoms with Gasteiger partial charge in [-0.3, -0.25) is 5.10 Å². The predicted molar refractivity (Wildman–Crippen MR) is 89.6 cm³/mol. The molecule has 0 unspecified atom stereocenters. The Kier molecular flexibility index (Phi) is 3.19. The number of halogens is 1. The third-order valence-electron chi connectivity index (χ3n) is 4.30. The third-order valence-corrected chi connectivity index (χ3v) is 4.80. The zero-order chi connectivity index (χ0) is 14.2. The molecule has 0 spiro atoms. The van der Waals surface area contributed by atoms with Gasteiger partial charge in [0, 0.05) is 21.6 Å². The van der Waals surface area contributed by atoms with E-state index in [9.17, 15) is 0 Å². The number of aromatic amines is 1. The molecule has 1 aliphatic carbocycles. The van der Waals surface area contributed by atoms with Gasteiger partial charge in [-0.15, -0.1) is 0 Å². The summed E-state index contributed by atoms with van der Waals surface area (Å²) in [6.07, 6.45) is 4.26. The fourth-order valence-electron chi connectivity index (χ4n) is 3.08. The van der Waals surface area contributed by atoms with Crippen LogP contribution in [0.25, 0.3) is 10.9 Å². The number of hydrogen-bond donors (Lipinski definition) is 2. The molecule has 3 aromatic rings. The molecule has 1 fully saturated rings. The van der Waals surface area contributed by atoms with Crippen molar-refractivity contribution >= 4 is 32.5 Å². The van der Waals surface area contributed by atoms with E-state index in [0.29, 0.717) is 12.0 Å². The van der Waals surface area contributed by atoms with Crippen molar-refractivity contribution < 1.29 is 0 Å². The van der Waals surface area contributed by atoms with E-state index in [4.69, 9.17) is 0 Å². The summed E-state index contributed by atoms with van der Waals surface area (Å²) in [5.74, 6) is 0.670. The lowest BCUT2D eigenvalue weighted by Gasteiger charge is -2.37. The van der Waals surface area contributed by atoms with Crippen LogP contribution in [0.3, 0.4) is 0 Å². The average Bonchev–Trinajstić information content (AvgIpc) is 2.91. The highest BCUT2D eigenvalue weighted by atomic mass is 79.9. The maximum Gasteiger partial charge on any atom is 0.0671 e. The van der Waals surface area contributed by atoms with E-state index in [1.165, 1.54) is 34.0 Å². The fourth-order valence-corrected chi connectivity index (χ4v) is 3.50. The Hall–Kier alpha value is -1.81. The van der Waals surface area contributed by atoms with E-state index < -0.39 is 0 Å². The molecule has 1 saturated carbocycles. The molecule has 1 aliphatic rings. The van der Waals surface area contributed by atoms with Crippen LogP contribution >= 0.6 is 15.9 Å². The fraction of sp³-hybridized carbons (Fsp3) is 0.235. The van der Waals surface area contributed by atoms with E-state index in [1.807, 2.05) is 6.20 Å². The van der Waals surface area contributed by atoms with Crippen molar-refractivity contribution in [2.75, 3.05) is 5.32 Å². The first-order valence-corrected chi connectivity index (χ1v) is 8.03. The standard InChI is InChI=1S/C17H16BrN3/c18-13-4-1-3-11(7-13)12-8-14(9-12)20-16-5-2-6-17-15(16)10-19-21-17/h1-7,10,12,14,20H,8-9H2,(H,19,21). The summed E-state index contributed by atoms with van der Waals surface area (Å²) >= 11 is 3.55. The second kappa shape index (κ2) is 5.19. The number of aromatic nitrogens is 2. The molecule has 1 aromatic heterocycles. The van der Waals surface area contributed by atoms with E-state index >= 15 is 0 Å². The Labute approximate surface area is 131 Å². The van der Waals surface area contributed by atoms with Crippen LogP contribution in [0, 0.1) is 0 Å². The highest BCUT2D eigenvalue weighted by Gasteiger charge is 2.30. The lowest BCUT2D eigenvalue weighted by atomic mass is 9.76. The van der Waals surface area contributed by atoms with Crippen LogP contribution in [0.1, 0.15) is 24.3 Å². The monoisotopic (exact) mass is 341 g/mol. The minimum absolute atomic E-state index is 0.550. The molecule has 0 bridgehead atoms. The molecule has 0 saturated heterocycles. The Morgan fingerprint density at radius 3 is 2.86 bits per heavy atom. The number of nitrogens with one attached hydrogen (secondary N) is 2. The van der Waals surface area contributed by atoms with E-state index in [0.717, 1.165) is 5.52 Å². The largest absolute Gasteiger partial charge is 0.382 e. The highest BCUT2D eigenvalue weighted by Crippen LogP contribution is 2.39. The summed E-state index contributed by atoms with van der Waals surface area (Å²) in [7, 11) is 0. The number of fused-ring (bicyclic) bond motifs is 1. The van der Waals surface area contributed by atoms with Gasteiger partial charge in [-0.05, 0) is 48.6 Å². The molecule has 0 atom stereocenters. The van der Waals surface area contributed by atoms with E-state index in [-0.39, 0.29) is 0 Å². The molecule has 1 heterocycles. The summed E-state index contributed by atoms with van der Waals surface area (Å²) in [5, 5.41) is 11.9. The van der Waals surface area contributed by atoms with Crippen molar-refractivity contribution in [1.82, 2.24) is 10.2 Å². The summed E-state index contributed by atoms with van der Waals surface area (Å²) < 4.78 is 1.17. The summed E-state index contributed by atoms with van der Waals surface area (Å²) in [6, 6.07) is 15.5. The maximum atomic E-state index is 4.12. The summed E-state index contributed by atoms with van der Waals surface area (Å²) in [5.41, 5.74) is 3.70. The molecule has 2 aromatic carbocycles. The molecule has 0 radical (unpaired) electrons. The van der Waals surface area contributed by atoms with Gasteiger partial charge in [0.05, 0.1) is 11.7 Å². The number of H-pyrrole nitrogens is 1. The van der Waals surface area contributed by atoms with Crippen molar-refractivity contribution in [3.63, 3.8) is 0 Å². The van der Waals surface area contributed by atoms with Crippen molar-refractivity contribution in [2.45, 2.75) is 24.8 Å². The number of rotatable bonds is 3. The Bertz CT molecular complexity index is 774. The topological polar surface area (TPSA) is 40.7 Å². The first kappa shape index (κ1) is 12.9. The van der Waals surface area contributed by atoms with Crippen LogP contribution in [-0.4, -0.2) is 16.2 Å². The van der Waals surface area contributed by atoms with Gasteiger partial charge in [-0.25, -0.2) is 0 Å². The van der Waals surface area contributed by atoms with Crippen LogP contribution in [-0.2, 0) is 0 Å². The molecule has 4 rings (SSSR count). The summed E-state index contributed by atoms with van der Waals surface area (Å²) in [4.78, 5) is 0. The lowest BCUT2D eigenvalue weighted by Crippen LogP contribution is -2.34. The molecule has 0 amide bonds. The van der Waals surface area contributed by atoms with Gasteiger partial charge >= 0.3 is 0 Å². The molecular weight excluding hydrogens is 326 g/mol. The van der Waals surface area contributed by atoms with Gasteiger partial charge in [-0.2, -0.15) is 5.10 Å².